The van der Waals surface area contributed by atoms with Crippen LogP contribution < -0.4 is 25.3 Å². The van der Waals surface area contributed by atoms with Gasteiger partial charge in [0, 0.05) is 18.6 Å². The van der Waals surface area contributed by atoms with Crippen molar-refractivity contribution in [2.75, 3.05) is 20.8 Å². The van der Waals surface area contributed by atoms with Crippen LogP contribution >= 0.6 is 0 Å². The highest BCUT2D eigenvalue weighted by atomic mass is 19.1. The average molecular weight is 387 g/mol. The number of hydrogen-bond donors (Lipinski definition) is 2. The largest absolute Gasteiger partial charge is 0.496 e. The van der Waals surface area contributed by atoms with Crippen LogP contribution in [0, 0.1) is 11.6 Å². The van der Waals surface area contributed by atoms with E-state index in [2.05, 4.69) is 10.3 Å². The number of nitrogens with two attached hydrogens (primary N) is 1. The number of benzene rings is 2. The normalized spacial score (nSPS) is 18.1. The third-order valence-electron chi connectivity index (χ3n) is 4.82. The van der Waals surface area contributed by atoms with E-state index in [0.717, 1.165) is 0 Å². The first-order chi connectivity index (χ1) is 13.5. The van der Waals surface area contributed by atoms with Gasteiger partial charge >= 0.3 is 0 Å². The van der Waals surface area contributed by atoms with Gasteiger partial charge in [-0.15, -0.1) is 0 Å². The molecule has 1 unspecified atom stereocenters. The molecule has 0 radical (unpaired) electrons. The van der Waals surface area contributed by atoms with Crippen LogP contribution in [-0.4, -0.2) is 26.8 Å². The predicted molar refractivity (Wildman–Crippen MR) is 100 cm³/mol. The molecule has 2 aromatic rings. The predicted octanol–water partition coefficient (Wildman–Crippen LogP) is 3.13. The Morgan fingerprint density at radius 2 is 1.93 bits per heavy atom. The van der Waals surface area contributed by atoms with Crippen molar-refractivity contribution < 1.29 is 23.0 Å². The Kier molecular flexibility index (Phi) is 4.54. The van der Waals surface area contributed by atoms with Gasteiger partial charge in [-0.3, -0.25) is 0 Å². The first-order valence-electron chi connectivity index (χ1n) is 8.70. The van der Waals surface area contributed by atoms with Crippen molar-refractivity contribution >= 4 is 11.7 Å². The lowest BCUT2D eigenvalue weighted by Gasteiger charge is -2.27. The molecule has 0 saturated carbocycles. The second-order valence-electron chi connectivity index (χ2n) is 6.38. The Hall–Kier alpha value is -3.29. The molecular formula is C20H19F2N3O3. The second-order valence-corrected chi connectivity index (χ2v) is 6.38. The number of rotatable bonds is 3. The van der Waals surface area contributed by atoms with E-state index in [1.807, 2.05) is 0 Å². The second kappa shape index (κ2) is 7.03. The average Bonchev–Trinajstić information content (AvgIpc) is 2.86. The third kappa shape index (κ3) is 2.90. The fourth-order valence-electron chi connectivity index (χ4n) is 3.57. The van der Waals surface area contributed by atoms with Crippen molar-refractivity contribution in [2.45, 2.75) is 12.5 Å². The number of nitrogens with zero attached hydrogens (tertiary/aromatic N) is 1. The fraction of sp³-hybridized carbons (Fsp3) is 0.250. The molecule has 2 heterocycles. The van der Waals surface area contributed by atoms with Gasteiger partial charge in [0.15, 0.2) is 5.96 Å². The van der Waals surface area contributed by atoms with E-state index in [4.69, 9.17) is 19.9 Å². The molecular weight excluding hydrogens is 368 g/mol. The summed E-state index contributed by atoms with van der Waals surface area (Å²) in [6, 6.07) is 6.27. The van der Waals surface area contributed by atoms with Crippen molar-refractivity contribution in [3.8, 4) is 17.2 Å². The van der Waals surface area contributed by atoms with E-state index >= 15 is 0 Å². The summed E-state index contributed by atoms with van der Waals surface area (Å²) in [6.45, 7) is 0.297. The van der Waals surface area contributed by atoms with Crippen LogP contribution in [0.5, 0.6) is 17.2 Å². The van der Waals surface area contributed by atoms with E-state index in [0.29, 0.717) is 47.1 Å². The van der Waals surface area contributed by atoms with Crippen LogP contribution in [0.1, 0.15) is 23.6 Å². The van der Waals surface area contributed by atoms with E-state index in [1.165, 1.54) is 25.3 Å². The van der Waals surface area contributed by atoms with Crippen LogP contribution in [0.25, 0.3) is 5.70 Å². The minimum Gasteiger partial charge on any atom is -0.496 e. The van der Waals surface area contributed by atoms with Crippen LogP contribution in [0.3, 0.4) is 0 Å². The smallest absolute Gasteiger partial charge is 0.194 e. The summed E-state index contributed by atoms with van der Waals surface area (Å²) in [5.74, 6) is 0.269. The number of aliphatic imine (C=N–C) groups is 1. The summed E-state index contributed by atoms with van der Waals surface area (Å²) < 4.78 is 45.7. The Balaban J connectivity index is 1.95. The maximum absolute atomic E-state index is 14.5. The molecule has 1 atom stereocenters. The molecule has 0 aromatic heterocycles. The zero-order valence-corrected chi connectivity index (χ0v) is 15.4. The molecule has 0 fully saturated rings. The van der Waals surface area contributed by atoms with Gasteiger partial charge < -0.3 is 25.3 Å². The summed E-state index contributed by atoms with van der Waals surface area (Å²) in [5.41, 5.74) is 7.69. The molecule has 4 rings (SSSR count). The summed E-state index contributed by atoms with van der Waals surface area (Å²) >= 11 is 0. The zero-order valence-electron chi connectivity index (χ0n) is 15.4. The first-order valence-corrected chi connectivity index (χ1v) is 8.70. The Bertz CT molecular complexity index is 984. The van der Waals surface area contributed by atoms with E-state index in [-0.39, 0.29) is 11.5 Å². The molecule has 146 valence electrons. The van der Waals surface area contributed by atoms with E-state index in [9.17, 15) is 8.78 Å². The van der Waals surface area contributed by atoms with Gasteiger partial charge in [0.1, 0.15) is 34.9 Å². The molecule has 0 bridgehead atoms. The summed E-state index contributed by atoms with van der Waals surface area (Å²) in [4.78, 5) is 4.29. The van der Waals surface area contributed by atoms with Crippen molar-refractivity contribution in [3.63, 3.8) is 0 Å². The number of hydrogen-bond acceptors (Lipinski definition) is 6. The number of halogens is 2. The Morgan fingerprint density at radius 1 is 1.18 bits per heavy atom. The number of guanidine groups is 1. The maximum Gasteiger partial charge on any atom is 0.194 e. The van der Waals surface area contributed by atoms with Gasteiger partial charge in [0.05, 0.1) is 37.7 Å². The number of nitrogens with one attached hydrogen (secondary N) is 1. The number of methoxy groups -OCH3 is 2. The fourth-order valence-corrected chi connectivity index (χ4v) is 3.57. The lowest BCUT2D eigenvalue weighted by atomic mass is 9.91. The molecule has 8 heteroatoms. The Morgan fingerprint density at radius 3 is 2.61 bits per heavy atom. The highest BCUT2D eigenvalue weighted by Crippen LogP contribution is 2.46. The molecule has 0 amide bonds. The van der Waals surface area contributed by atoms with Gasteiger partial charge in [-0.1, -0.05) is 6.07 Å². The molecule has 3 N–H and O–H groups in total. The Labute approximate surface area is 160 Å². The van der Waals surface area contributed by atoms with Crippen molar-refractivity contribution in [1.29, 1.82) is 0 Å². The van der Waals surface area contributed by atoms with Crippen molar-refractivity contribution in [2.24, 2.45) is 10.7 Å². The highest BCUT2D eigenvalue weighted by molar-refractivity contribution is 5.94. The van der Waals surface area contributed by atoms with Gasteiger partial charge in [0.2, 0.25) is 0 Å². The van der Waals surface area contributed by atoms with Crippen LogP contribution in [-0.2, 0) is 0 Å². The van der Waals surface area contributed by atoms with Gasteiger partial charge in [-0.25, -0.2) is 13.8 Å². The molecule has 2 aromatic carbocycles. The summed E-state index contributed by atoms with van der Waals surface area (Å²) in [5, 5.41) is 3.03. The molecule has 0 spiro atoms. The SMILES string of the molecule is COc1cc(OC)c2c(c1)OCCC1=C2NC(N)=NC1c1c(F)cccc1F. The monoisotopic (exact) mass is 387 g/mol. The number of fused-ring (bicyclic) bond motifs is 2. The van der Waals surface area contributed by atoms with E-state index in [1.54, 1.807) is 19.2 Å². The van der Waals surface area contributed by atoms with Crippen LogP contribution in [0.2, 0.25) is 0 Å². The molecule has 2 aliphatic rings. The van der Waals surface area contributed by atoms with Crippen LogP contribution in [0.4, 0.5) is 8.78 Å². The molecule has 6 nitrogen and oxygen atoms in total. The lowest BCUT2D eigenvalue weighted by Crippen LogP contribution is -2.36. The highest BCUT2D eigenvalue weighted by Gasteiger charge is 2.34. The minimum atomic E-state index is -0.904. The molecule has 28 heavy (non-hydrogen) atoms. The topological polar surface area (TPSA) is 78.1 Å². The molecule has 2 aliphatic heterocycles. The van der Waals surface area contributed by atoms with Gasteiger partial charge in [-0.2, -0.15) is 0 Å². The lowest BCUT2D eigenvalue weighted by molar-refractivity contribution is 0.314. The summed E-state index contributed by atoms with van der Waals surface area (Å²) in [7, 11) is 3.07. The third-order valence-corrected chi connectivity index (χ3v) is 4.82. The number of ether oxygens (including phenoxy) is 3. The van der Waals surface area contributed by atoms with Gasteiger partial charge in [-0.05, 0) is 17.7 Å². The van der Waals surface area contributed by atoms with E-state index < -0.39 is 17.7 Å². The summed E-state index contributed by atoms with van der Waals surface area (Å²) in [6.07, 6.45) is 0.401. The zero-order chi connectivity index (χ0) is 19.8. The molecule has 0 aliphatic carbocycles. The maximum atomic E-state index is 14.5. The first kappa shape index (κ1) is 18.1. The quantitative estimate of drug-likeness (QED) is 0.846. The van der Waals surface area contributed by atoms with Gasteiger partial charge in [0.25, 0.3) is 0 Å². The van der Waals surface area contributed by atoms with Crippen molar-refractivity contribution in [3.05, 3.63) is 58.7 Å². The van der Waals surface area contributed by atoms with Crippen molar-refractivity contribution in [1.82, 2.24) is 5.32 Å². The molecule has 0 saturated heterocycles. The van der Waals surface area contributed by atoms with Crippen LogP contribution in [0.15, 0.2) is 40.9 Å². The minimum absolute atomic E-state index is 0.0529. The standard InChI is InChI=1S/C20H19F2N3O3/c1-26-10-8-14(27-2)17-15(9-10)28-7-6-11-18(24-20(23)25-19(11)17)16-12(21)4-3-5-13(16)22/h3-5,8-9,18H,6-7H2,1-2H3,(H3,23,24,25).